The Balaban J connectivity index is 2.23. The van der Waals surface area contributed by atoms with Crippen LogP contribution in [0.5, 0.6) is 0 Å². The summed E-state index contributed by atoms with van der Waals surface area (Å²) in [5, 5.41) is 18.1. The SMILES string of the molecule is CCC(O)CCNC(=O)c1ccn[nH]1. The number of carbonyl (C=O) groups is 1. The second kappa shape index (κ2) is 5.39. The number of hydrogen-bond acceptors (Lipinski definition) is 3. The molecular formula is C9H15N3O2. The summed E-state index contributed by atoms with van der Waals surface area (Å²) in [4.78, 5) is 11.3. The van der Waals surface area contributed by atoms with Crippen LogP contribution in [-0.2, 0) is 0 Å². The van der Waals surface area contributed by atoms with Crippen molar-refractivity contribution in [2.75, 3.05) is 6.54 Å². The molecule has 1 aromatic rings. The maximum atomic E-state index is 11.3. The van der Waals surface area contributed by atoms with E-state index >= 15 is 0 Å². The Bertz CT molecular complexity index is 272. The van der Waals surface area contributed by atoms with Crippen LogP contribution in [0.2, 0.25) is 0 Å². The zero-order chi connectivity index (χ0) is 10.4. The van der Waals surface area contributed by atoms with Crippen molar-refractivity contribution >= 4 is 5.91 Å². The van der Waals surface area contributed by atoms with Gasteiger partial charge in [-0.25, -0.2) is 0 Å². The zero-order valence-electron chi connectivity index (χ0n) is 8.16. The van der Waals surface area contributed by atoms with Gasteiger partial charge in [-0.2, -0.15) is 5.10 Å². The van der Waals surface area contributed by atoms with Crippen LogP contribution in [0.1, 0.15) is 30.3 Å². The van der Waals surface area contributed by atoms with Crippen molar-refractivity contribution in [3.63, 3.8) is 0 Å². The van der Waals surface area contributed by atoms with E-state index < -0.39 is 0 Å². The molecule has 78 valence electrons. The number of aliphatic hydroxyl groups excluding tert-OH is 1. The van der Waals surface area contributed by atoms with Gasteiger partial charge in [0.2, 0.25) is 0 Å². The first-order chi connectivity index (χ1) is 6.74. The summed E-state index contributed by atoms with van der Waals surface area (Å²) in [5.41, 5.74) is 0.441. The van der Waals surface area contributed by atoms with Gasteiger partial charge in [-0.1, -0.05) is 6.92 Å². The van der Waals surface area contributed by atoms with Crippen LogP contribution in [-0.4, -0.2) is 33.9 Å². The number of aromatic nitrogens is 2. The molecule has 0 aliphatic heterocycles. The molecule has 0 fully saturated rings. The molecule has 0 bridgehead atoms. The Kier molecular flexibility index (Phi) is 4.12. The van der Waals surface area contributed by atoms with Crippen molar-refractivity contribution < 1.29 is 9.90 Å². The van der Waals surface area contributed by atoms with Crippen LogP contribution in [0.15, 0.2) is 12.3 Å². The fourth-order valence-electron chi connectivity index (χ4n) is 1.03. The maximum Gasteiger partial charge on any atom is 0.269 e. The number of hydrogen-bond donors (Lipinski definition) is 3. The fraction of sp³-hybridized carbons (Fsp3) is 0.556. The standard InChI is InChI=1S/C9H15N3O2/c1-2-7(13)3-5-10-9(14)8-4-6-11-12-8/h4,6-7,13H,2-3,5H2,1H3,(H,10,14)(H,11,12). The van der Waals surface area contributed by atoms with E-state index in [0.29, 0.717) is 25.1 Å². The Morgan fingerprint density at radius 2 is 2.57 bits per heavy atom. The second-order valence-corrected chi connectivity index (χ2v) is 3.08. The van der Waals surface area contributed by atoms with Gasteiger partial charge < -0.3 is 10.4 Å². The van der Waals surface area contributed by atoms with Crippen LogP contribution in [0.4, 0.5) is 0 Å². The Morgan fingerprint density at radius 1 is 1.79 bits per heavy atom. The van der Waals surface area contributed by atoms with E-state index in [1.54, 1.807) is 6.07 Å². The molecule has 0 spiro atoms. The van der Waals surface area contributed by atoms with Crippen molar-refractivity contribution in [1.82, 2.24) is 15.5 Å². The summed E-state index contributed by atoms with van der Waals surface area (Å²) in [6.45, 7) is 2.38. The lowest BCUT2D eigenvalue weighted by Crippen LogP contribution is -2.27. The van der Waals surface area contributed by atoms with E-state index in [1.165, 1.54) is 6.20 Å². The van der Waals surface area contributed by atoms with Gasteiger partial charge in [0.05, 0.1) is 6.10 Å². The predicted octanol–water partition coefficient (Wildman–Crippen LogP) is 0.300. The number of rotatable bonds is 5. The third-order valence-corrected chi connectivity index (χ3v) is 1.98. The third kappa shape index (κ3) is 3.18. The largest absolute Gasteiger partial charge is 0.393 e. The lowest BCUT2D eigenvalue weighted by Gasteiger charge is -2.07. The van der Waals surface area contributed by atoms with Crippen LogP contribution in [0.25, 0.3) is 0 Å². The molecule has 0 aliphatic carbocycles. The summed E-state index contributed by atoms with van der Waals surface area (Å²) in [5.74, 6) is -0.189. The topological polar surface area (TPSA) is 78.0 Å². The van der Waals surface area contributed by atoms with Gasteiger partial charge in [0.25, 0.3) is 5.91 Å². The van der Waals surface area contributed by atoms with E-state index in [2.05, 4.69) is 15.5 Å². The summed E-state index contributed by atoms with van der Waals surface area (Å²) in [6, 6.07) is 1.60. The van der Waals surface area contributed by atoms with E-state index in [-0.39, 0.29) is 12.0 Å². The summed E-state index contributed by atoms with van der Waals surface area (Å²) < 4.78 is 0. The molecule has 0 saturated heterocycles. The average Bonchev–Trinajstić information content (AvgIpc) is 2.70. The van der Waals surface area contributed by atoms with E-state index in [4.69, 9.17) is 0 Å². The number of nitrogens with zero attached hydrogens (tertiary/aromatic N) is 1. The second-order valence-electron chi connectivity index (χ2n) is 3.08. The highest BCUT2D eigenvalue weighted by atomic mass is 16.3. The highest BCUT2D eigenvalue weighted by Gasteiger charge is 2.06. The number of carbonyl (C=O) groups excluding carboxylic acids is 1. The number of H-pyrrole nitrogens is 1. The average molecular weight is 197 g/mol. The van der Waals surface area contributed by atoms with Gasteiger partial charge in [-0.15, -0.1) is 0 Å². The molecule has 1 unspecified atom stereocenters. The Morgan fingerprint density at radius 3 is 3.14 bits per heavy atom. The molecule has 5 heteroatoms. The highest BCUT2D eigenvalue weighted by Crippen LogP contribution is 1.95. The van der Waals surface area contributed by atoms with Gasteiger partial charge >= 0.3 is 0 Å². The van der Waals surface area contributed by atoms with Gasteiger partial charge in [-0.3, -0.25) is 9.89 Å². The van der Waals surface area contributed by atoms with Crippen molar-refractivity contribution in [2.45, 2.75) is 25.9 Å². The molecule has 1 atom stereocenters. The van der Waals surface area contributed by atoms with Crippen molar-refractivity contribution in [1.29, 1.82) is 0 Å². The van der Waals surface area contributed by atoms with E-state index in [0.717, 1.165) is 0 Å². The molecular weight excluding hydrogens is 182 g/mol. The maximum absolute atomic E-state index is 11.3. The normalized spacial score (nSPS) is 12.4. The first-order valence-electron chi connectivity index (χ1n) is 4.69. The molecule has 0 aromatic carbocycles. The highest BCUT2D eigenvalue weighted by molar-refractivity contribution is 5.91. The van der Waals surface area contributed by atoms with E-state index in [9.17, 15) is 9.90 Å². The number of nitrogens with one attached hydrogen (secondary N) is 2. The lowest BCUT2D eigenvalue weighted by atomic mass is 10.2. The molecule has 1 rings (SSSR count). The van der Waals surface area contributed by atoms with Crippen LogP contribution >= 0.6 is 0 Å². The minimum Gasteiger partial charge on any atom is -0.393 e. The third-order valence-electron chi connectivity index (χ3n) is 1.98. The van der Waals surface area contributed by atoms with Crippen molar-refractivity contribution in [3.05, 3.63) is 18.0 Å². The Labute approximate surface area is 82.5 Å². The van der Waals surface area contributed by atoms with Gasteiger partial charge in [0.15, 0.2) is 0 Å². The van der Waals surface area contributed by atoms with Gasteiger partial charge in [0.1, 0.15) is 5.69 Å². The van der Waals surface area contributed by atoms with Crippen molar-refractivity contribution in [3.8, 4) is 0 Å². The molecule has 14 heavy (non-hydrogen) atoms. The predicted molar refractivity (Wildman–Crippen MR) is 51.8 cm³/mol. The summed E-state index contributed by atoms with van der Waals surface area (Å²) in [7, 11) is 0. The lowest BCUT2D eigenvalue weighted by molar-refractivity contribution is 0.0937. The summed E-state index contributed by atoms with van der Waals surface area (Å²) >= 11 is 0. The number of amides is 1. The number of aliphatic hydroxyl groups is 1. The monoisotopic (exact) mass is 197 g/mol. The fourth-order valence-corrected chi connectivity index (χ4v) is 1.03. The van der Waals surface area contributed by atoms with Gasteiger partial charge in [-0.05, 0) is 18.9 Å². The van der Waals surface area contributed by atoms with Crippen LogP contribution in [0, 0.1) is 0 Å². The molecule has 1 amide bonds. The van der Waals surface area contributed by atoms with Gasteiger partial charge in [0, 0.05) is 12.7 Å². The molecule has 1 heterocycles. The first-order valence-corrected chi connectivity index (χ1v) is 4.69. The molecule has 0 radical (unpaired) electrons. The minimum atomic E-state index is -0.336. The zero-order valence-corrected chi connectivity index (χ0v) is 8.16. The van der Waals surface area contributed by atoms with Crippen molar-refractivity contribution in [2.24, 2.45) is 0 Å². The first kappa shape index (κ1) is 10.7. The Hall–Kier alpha value is -1.36. The van der Waals surface area contributed by atoms with E-state index in [1.807, 2.05) is 6.92 Å². The molecule has 0 saturated carbocycles. The quantitative estimate of drug-likeness (QED) is 0.635. The van der Waals surface area contributed by atoms with Crippen LogP contribution in [0.3, 0.4) is 0 Å². The molecule has 5 nitrogen and oxygen atoms in total. The van der Waals surface area contributed by atoms with Crippen LogP contribution < -0.4 is 5.32 Å². The molecule has 0 aliphatic rings. The smallest absolute Gasteiger partial charge is 0.269 e. The number of aromatic amines is 1. The molecule has 1 aromatic heterocycles. The summed E-state index contributed by atoms with van der Waals surface area (Å²) in [6.07, 6.45) is 2.48. The molecule has 3 N–H and O–H groups in total. The minimum absolute atomic E-state index is 0.189.